The predicted octanol–water partition coefficient (Wildman–Crippen LogP) is 2.65. The smallest absolute Gasteiger partial charge is 0.239 e. The number of hydrogen-bond acceptors (Lipinski definition) is 2. The molecular weight excluding hydrogens is 248 g/mol. The lowest BCUT2D eigenvalue weighted by atomic mass is 9.93. The van der Waals surface area contributed by atoms with Crippen molar-refractivity contribution in [2.75, 3.05) is 13.6 Å². The summed E-state index contributed by atoms with van der Waals surface area (Å²) in [4.78, 5) is 14.3. The summed E-state index contributed by atoms with van der Waals surface area (Å²) in [5.41, 5.74) is 3.76. The lowest BCUT2D eigenvalue weighted by molar-refractivity contribution is -0.133. The highest BCUT2D eigenvalue weighted by Gasteiger charge is 2.26. The summed E-state index contributed by atoms with van der Waals surface area (Å²) >= 11 is 0. The lowest BCUT2D eigenvalue weighted by Gasteiger charge is -2.30. The number of carbonyl (C=O) groups is 1. The minimum Gasteiger partial charge on any atom is -0.340 e. The van der Waals surface area contributed by atoms with E-state index in [2.05, 4.69) is 44.3 Å². The monoisotopic (exact) mass is 274 g/mol. The first-order chi connectivity index (χ1) is 9.47. The molecule has 1 N–H and O–H groups in total. The molecule has 3 heteroatoms. The third-order valence-electron chi connectivity index (χ3n) is 4.25. The van der Waals surface area contributed by atoms with E-state index >= 15 is 0 Å². The lowest BCUT2D eigenvalue weighted by Crippen LogP contribution is -2.48. The normalized spacial score (nSPS) is 22.6. The molecule has 1 fully saturated rings. The zero-order chi connectivity index (χ0) is 14.7. The Morgan fingerprint density at radius 2 is 2.15 bits per heavy atom. The first-order valence-corrected chi connectivity index (χ1v) is 7.52. The van der Waals surface area contributed by atoms with E-state index in [9.17, 15) is 4.79 Å². The van der Waals surface area contributed by atoms with Crippen LogP contribution in [0.25, 0.3) is 0 Å². The fourth-order valence-electron chi connectivity index (χ4n) is 2.92. The summed E-state index contributed by atoms with van der Waals surface area (Å²) in [6.45, 7) is 8.08. The fraction of sp³-hybridized carbons (Fsp3) is 0.588. The predicted molar refractivity (Wildman–Crippen MR) is 82.6 cm³/mol. The molecule has 2 unspecified atom stereocenters. The van der Waals surface area contributed by atoms with Gasteiger partial charge in [0, 0.05) is 13.6 Å². The Hall–Kier alpha value is -1.35. The first-order valence-electron chi connectivity index (χ1n) is 7.52. The topological polar surface area (TPSA) is 32.3 Å². The molecule has 1 aromatic carbocycles. The van der Waals surface area contributed by atoms with Gasteiger partial charge in [-0.3, -0.25) is 4.79 Å². The van der Waals surface area contributed by atoms with Crippen LogP contribution in [0.3, 0.4) is 0 Å². The van der Waals surface area contributed by atoms with Crippen LogP contribution in [0.5, 0.6) is 0 Å². The van der Waals surface area contributed by atoms with Gasteiger partial charge >= 0.3 is 0 Å². The van der Waals surface area contributed by atoms with Crippen LogP contribution < -0.4 is 5.32 Å². The maximum atomic E-state index is 12.5. The number of nitrogens with zero attached hydrogens (tertiary/aromatic N) is 1. The van der Waals surface area contributed by atoms with E-state index in [-0.39, 0.29) is 11.9 Å². The van der Waals surface area contributed by atoms with Gasteiger partial charge in [0.15, 0.2) is 0 Å². The Morgan fingerprint density at radius 1 is 1.40 bits per heavy atom. The molecular formula is C17H26N2O. The van der Waals surface area contributed by atoms with E-state index in [1.54, 1.807) is 0 Å². The van der Waals surface area contributed by atoms with Crippen LogP contribution >= 0.6 is 0 Å². The van der Waals surface area contributed by atoms with Crippen molar-refractivity contribution in [2.45, 2.75) is 46.2 Å². The zero-order valence-electron chi connectivity index (χ0n) is 13.1. The van der Waals surface area contributed by atoms with Crippen LogP contribution in [0.2, 0.25) is 0 Å². The quantitative estimate of drug-likeness (QED) is 0.919. The van der Waals surface area contributed by atoms with Gasteiger partial charge in [-0.1, -0.05) is 30.7 Å². The molecule has 3 nitrogen and oxygen atoms in total. The highest BCUT2D eigenvalue weighted by molar-refractivity contribution is 5.81. The number of amides is 1. The minimum atomic E-state index is -0.00509. The largest absolute Gasteiger partial charge is 0.340 e. The summed E-state index contributed by atoms with van der Waals surface area (Å²) < 4.78 is 0. The second-order valence-corrected chi connectivity index (χ2v) is 6.26. The second kappa shape index (κ2) is 6.40. The number of carbonyl (C=O) groups excluding carboxylic acids is 1. The molecule has 0 spiro atoms. The van der Waals surface area contributed by atoms with E-state index in [1.807, 2.05) is 11.9 Å². The van der Waals surface area contributed by atoms with Gasteiger partial charge in [-0.25, -0.2) is 0 Å². The van der Waals surface area contributed by atoms with Crippen molar-refractivity contribution in [3.63, 3.8) is 0 Å². The van der Waals surface area contributed by atoms with Gasteiger partial charge in [-0.2, -0.15) is 0 Å². The number of aryl methyl sites for hydroxylation is 2. The maximum absolute atomic E-state index is 12.5. The van der Waals surface area contributed by atoms with E-state index in [0.717, 1.165) is 13.0 Å². The Bertz CT molecular complexity index is 484. The molecule has 0 radical (unpaired) electrons. The summed E-state index contributed by atoms with van der Waals surface area (Å²) in [7, 11) is 1.91. The second-order valence-electron chi connectivity index (χ2n) is 6.26. The van der Waals surface area contributed by atoms with Gasteiger partial charge in [0.05, 0.1) is 6.04 Å². The van der Waals surface area contributed by atoms with Crippen molar-refractivity contribution in [1.29, 1.82) is 0 Å². The Labute approximate surface area is 122 Å². The molecule has 0 bridgehead atoms. The summed E-state index contributed by atoms with van der Waals surface area (Å²) in [5.74, 6) is 0.858. The molecule has 1 heterocycles. The van der Waals surface area contributed by atoms with E-state index < -0.39 is 0 Å². The van der Waals surface area contributed by atoms with Crippen LogP contribution in [0, 0.1) is 19.8 Å². The maximum Gasteiger partial charge on any atom is 0.239 e. The SMILES string of the molecule is Cc1ccc(CN(C)C(=O)C2CC(C)CCN2)c(C)c1. The third kappa shape index (κ3) is 3.60. The number of likely N-dealkylation sites (N-methyl/N-ethyl adjacent to an activating group) is 1. The average Bonchev–Trinajstić information content (AvgIpc) is 2.41. The minimum absolute atomic E-state index is 0.00509. The molecule has 1 aliphatic rings. The first kappa shape index (κ1) is 15.0. The van der Waals surface area contributed by atoms with Gasteiger partial charge in [-0.05, 0) is 50.3 Å². The zero-order valence-corrected chi connectivity index (χ0v) is 13.1. The van der Waals surface area contributed by atoms with Gasteiger partial charge in [0.25, 0.3) is 0 Å². The third-order valence-corrected chi connectivity index (χ3v) is 4.25. The number of benzene rings is 1. The Balaban J connectivity index is 2.00. The summed E-state index contributed by atoms with van der Waals surface area (Å²) in [5, 5.41) is 3.35. The van der Waals surface area contributed by atoms with Gasteiger partial charge in [0.2, 0.25) is 5.91 Å². The Kier molecular flexibility index (Phi) is 4.81. The number of nitrogens with one attached hydrogen (secondary N) is 1. The highest BCUT2D eigenvalue weighted by atomic mass is 16.2. The number of hydrogen-bond donors (Lipinski definition) is 1. The molecule has 1 amide bonds. The van der Waals surface area contributed by atoms with E-state index in [1.165, 1.54) is 23.1 Å². The van der Waals surface area contributed by atoms with E-state index in [0.29, 0.717) is 12.5 Å². The van der Waals surface area contributed by atoms with Crippen LogP contribution in [-0.4, -0.2) is 30.4 Å². The van der Waals surface area contributed by atoms with Crippen molar-refractivity contribution in [3.8, 4) is 0 Å². The van der Waals surface area contributed by atoms with Crippen LogP contribution in [0.15, 0.2) is 18.2 Å². The van der Waals surface area contributed by atoms with Crippen molar-refractivity contribution in [3.05, 3.63) is 34.9 Å². The summed E-state index contributed by atoms with van der Waals surface area (Å²) in [6.07, 6.45) is 2.13. The van der Waals surface area contributed by atoms with Gasteiger partial charge in [-0.15, -0.1) is 0 Å². The molecule has 110 valence electrons. The van der Waals surface area contributed by atoms with Crippen molar-refractivity contribution in [1.82, 2.24) is 10.2 Å². The van der Waals surface area contributed by atoms with Gasteiger partial charge in [0.1, 0.15) is 0 Å². The summed E-state index contributed by atoms with van der Waals surface area (Å²) in [6, 6.07) is 6.41. The molecule has 1 aromatic rings. The average molecular weight is 274 g/mol. The molecule has 0 aliphatic carbocycles. The molecule has 2 atom stereocenters. The molecule has 0 saturated carbocycles. The van der Waals surface area contributed by atoms with Crippen molar-refractivity contribution >= 4 is 5.91 Å². The van der Waals surface area contributed by atoms with Gasteiger partial charge < -0.3 is 10.2 Å². The fourth-order valence-corrected chi connectivity index (χ4v) is 2.92. The standard InChI is InChI=1S/C17H26N2O/c1-12-5-6-15(14(3)9-12)11-19(4)17(20)16-10-13(2)7-8-18-16/h5-6,9,13,16,18H,7-8,10-11H2,1-4H3. The molecule has 1 aliphatic heterocycles. The van der Waals surface area contributed by atoms with Crippen molar-refractivity contribution in [2.24, 2.45) is 5.92 Å². The van der Waals surface area contributed by atoms with Crippen LogP contribution in [-0.2, 0) is 11.3 Å². The number of piperidine rings is 1. The highest BCUT2D eigenvalue weighted by Crippen LogP contribution is 2.18. The molecule has 1 saturated heterocycles. The van der Waals surface area contributed by atoms with E-state index in [4.69, 9.17) is 0 Å². The molecule has 2 rings (SSSR count). The van der Waals surface area contributed by atoms with Crippen LogP contribution in [0.4, 0.5) is 0 Å². The molecule has 0 aromatic heterocycles. The molecule has 20 heavy (non-hydrogen) atoms. The van der Waals surface area contributed by atoms with Crippen LogP contribution in [0.1, 0.15) is 36.5 Å². The number of rotatable bonds is 3. The Morgan fingerprint density at radius 3 is 2.80 bits per heavy atom. The van der Waals surface area contributed by atoms with Crippen molar-refractivity contribution < 1.29 is 4.79 Å².